The zero-order valence-electron chi connectivity index (χ0n) is 11.8. The summed E-state index contributed by atoms with van der Waals surface area (Å²) in [7, 11) is 0. The van der Waals surface area contributed by atoms with E-state index in [1.807, 2.05) is 0 Å². The molecule has 19 heavy (non-hydrogen) atoms. The lowest BCUT2D eigenvalue weighted by Crippen LogP contribution is -2.21. The number of aromatic nitrogens is 2. The average molecular weight is 268 g/mol. The molecule has 1 saturated carbocycles. The minimum atomic E-state index is 0.406. The average Bonchev–Trinajstić information content (AvgIpc) is 3.04. The lowest BCUT2D eigenvalue weighted by molar-refractivity contribution is 0.0656. The Morgan fingerprint density at radius 3 is 2.84 bits per heavy atom. The van der Waals surface area contributed by atoms with E-state index in [-0.39, 0.29) is 0 Å². The normalized spacial score (nSPS) is 16.4. The molecular formula is C13H24N4O2. The first-order valence-electron chi connectivity index (χ1n) is 7.15. The Morgan fingerprint density at radius 1 is 1.32 bits per heavy atom. The van der Waals surface area contributed by atoms with E-state index in [0.29, 0.717) is 43.7 Å². The molecule has 0 aliphatic heterocycles. The summed E-state index contributed by atoms with van der Waals surface area (Å²) in [5.74, 6) is 0.605. The Labute approximate surface area is 114 Å². The van der Waals surface area contributed by atoms with Gasteiger partial charge >= 0.3 is 6.01 Å². The van der Waals surface area contributed by atoms with Crippen molar-refractivity contribution in [2.24, 2.45) is 0 Å². The van der Waals surface area contributed by atoms with E-state index >= 15 is 0 Å². The van der Waals surface area contributed by atoms with Crippen LogP contribution in [0, 0.1) is 0 Å². The van der Waals surface area contributed by atoms with Crippen LogP contribution in [-0.2, 0) is 11.3 Å². The van der Waals surface area contributed by atoms with Crippen molar-refractivity contribution in [3.05, 3.63) is 5.89 Å². The quantitative estimate of drug-likeness (QED) is 0.702. The SMILES string of the molecule is CC(C)NCc1nnc(NCCOC2CCCC2)o1. The molecule has 108 valence electrons. The highest BCUT2D eigenvalue weighted by molar-refractivity contribution is 5.16. The minimum absolute atomic E-state index is 0.406. The summed E-state index contributed by atoms with van der Waals surface area (Å²) in [5, 5.41) is 14.2. The van der Waals surface area contributed by atoms with Gasteiger partial charge in [0.2, 0.25) is 5.89 Å². The zero-order chi connectivity index (χ0) is 13.5. The van der Waals surface area contributed by atoms with Crippen molar-refractivity contribution in [3.8, 4) is 0 Å². The highest BCUT2D eigenvalue weighted by atomic mass is 16.5. The molecule has 1 heterocycles. The predicted octanol–water partition coefficient (Wildman–Crippen LogP) is 1.94. The Bertz CT molecular complexity index is 361. The number of hydrogen-bond acceptors (Lipinski definition) is 6. The monoisotopic (exact) mass is 268 g/mol. The molecule has 1 aliphatic carbocycles. The summed E-state index contributed by atoms with van der Waals surface area (Å²) >= 11 is 0. The molecule has 0 bridgehead atoms. The molecule has 1 fully saturated rings. The van der Waals surface area contributed by atoms with Crippen LogP contribution in [0.2, 0.25) is 0 Å². The van der Waals surface area contributed by atoms with Gasteiger partial charge in [0.1, 0.15) is 0 Å². The fourth-order valence-corrected chi connectivity index (χ4v) is 2.13. The van der Waals surface area contributed by atoms with E-state index in [0.717, 1.165) is 0 Å². The third-order valence-electron chi connectivity index (χ3n) is 3.16. The molecular weight excluding hydrogens is 244 g/mol. The van der Waals surface area contributed by atoms with Crippen LogP contribution in [-0.4, -0.2) is 35.5 Å². The number of nitrogens with one attached hydrogen (secondary N) is 2. The van der Waals surface area contributed by atoms with Gasteiger partial charge in [0.25, 0.3) is 0 Å². The van der Waals surface area contributed by atoms with Crippen LogP contribution in [0.4, 0.5) is 6.01 Å². The van der Waals surface area contributed by atoms with Crippen LogP contribution in [0.15, 0.2) is 4.42 Å². The van der Waals surface area contributed by atoms with E-state index in [1.165, 1.54) is 25.7 Å². The van der Waals surface area contributed by atoms with Crippen molar-refractivity contribution in [1.29, 1.82) is 0 Å². The maximum absolute atomic E-state index is 5.75. The molecule has 0 saturated heterocycles. The summed E-state index contributed by atoms with van der Waals surface area (Å²) in [6.07, 6.45) is 5.45. The molecule has 6 nitrogen and oxygen atoms in total. The van der Waals surface area contributed by atoms with E-state index < -0.39 is 0 Å². The number of ether oxygens (including phenoxy) is 1. The smallest absolute Gasteiger partial charge is 0.315 e. The van der Waals surface area contributed by atoms with Crippen LogP contribution >= 0.6 is 0 Å². The van der Waals surface area contributed by atoms with Gasteiger partial charge in [0.05, 0.1) is 19.3 Å². The summed E-state index contributed by atoms with van der Waals surface area (Å²) < 4.78 is 11.2. The van der Waals surface area contributed by atoms with Gasteiger partial charge < -0.3 is 19.8 Å². The molecule has 6 heteroatoms. The van der Waals surface area contributed by atoms with Gasteiger partial charge in [-0.1, -0.05) is 31.8 Å². The van der Waals surface area contributed by atoms with Crippen molar-refractivity contribution in [2.45, 2.75) is 58.2 Å². The Kier molecular flexibility index (Phi) is 5.60. The van der Waals surface area contributed by atoms with Crippen LogP contribution in [0.25, 0.3) is 0 Å². The van der Waals surface area contributed by atoms with Gasteiger partial charge in [-0.15, -0.1) is 5.10 Å². The largest absolute Gasteiger partial charge is 0.407 e. The van der Waals surface area contributed by atoms with Gasteiger partial charge in [0.15, 0.2) is 0 Å². The third-order valence-corrected chi connectivity index (χ3v) is 3.16. The second kappa shape index (κ2) is 7.45. The summed E-state index contributed by atoms with van der Waals surface area (Å²) in [6.45, 7) is 6.15. The summed E-state index contributed by atoms with van der Waals surface area (Å²) in [4.78, 5) is 0. The highest BCUT2D eigenvalue weighted by Crippen LogP contribution is 2.20. The Balaban J connectivity index is 1.60. The molecule has 1 aliphatic rings. The molecule has 1 aromatic heterocycles. The molecule has 0 unspecified atom stereocenters. The fraction of sp³-hybridized carbons (Fsp3) is 0.846. The maximum atomic E-state index is 5.75. The fourth-order valence-electron chi connectivity index (χ4n) is 2.13. The lowest BCUT2D eigenvalue weighted by Gasteiger charge is -2.10. The molecule has 2 rings (SSSR count). The molecule has 1 aromatic rings. The molecule has 0 atom stereocenters. The lowest BCUT2D eigenvalue weighted by atomic mass is 10.3. The van der Waals surface area contributed by atoms with Crippen molar-refractivity contribution in [3.63, 3.8) is 0 Å². The number of rotatable bonds is 8. The zero-order valence-corrected chi connectivity index (χ0v) is 11.8. The summed E-state index contributed by atoms with van der Waals surface area (Å²) in [6, 6.07) is 0.874. The van der Waals surface area contributed by atoms with E-state index in [4.69, 9.17) is 9.15 Å². The van der Waals surface area contributed by atoms with E-state index in [2.05, 4.69) is 34.7 Å². The second-order valence-corrected chi connectivity index (χ2v) is 5.24. The van der Waals surface area contributed by atoms with Gasteiger partial charge in [-0.2, -0.15) is 0 Å². The van der Waals surface area contributed by atoms with Crippen molar-refractivity contribution in [1.82, 2.24) is 15.5 Å². The van der Waals surface area contributed by atoms with Gasteiger partial charge in [-0.25, -0.2) is 0 Å². The Morgan fingerprint density at radius 2 is 2.11 bits per heavy atom. The molecule has 2 N–H and O–H groups in total. The standard InChI is InChI=1S/C13H24N4O2/c1-10(2)15-9-12-16-17-13(19-12)14-7-8-18-11-5-3-4-6-11/h10-11,15H,3-9H2,1-2H3,(H,14,17). The van der Waals surface area contributed by atoms with Crippen LogP contribution in [0.1, 0.15) is 45.4 Å². The molecule has 0 radical (unpaired) electrons. The Hall–Kier alpha value is -1.14. The van der Waals surface area contributed by atoms with E-state index in [1.54, 1.807) is 0 Å². The summed E-state index contributed by atoms with van der Waals surface area (Å²) in [5.41, 5.74) is 0. The molecule has 0 spiro atoms. The highest BCUT2D eigenvalue weighted by Gasteiger charge is 2.14. The molecule has 0 aromatic carbocycles. The first kappa shape index (κ1) is 14.3. The first-order valence-corrected chi connectivity index (χ1v) is 7.15. The van der Waals surface area contributed by atoms with Gasteiger partial charge in [0, 0.05) is 12.6 Å². The maximum Gasteiger partial charge on any atom is 0.315 e. The van der Waals surface area contributed by atoms with Gasteiger partial charge in [-0.05, 0) is 12.8 Å². The molecule has 0 amide bonds. The first-order chi connectivity index (χ1) is 9.24. The van der Waals surface area contributed by atoms with Gasteiger partial charge in [-0.3, -0.25) is 0 Å². The van der Waals surface area contributed by atoms with E-state index in [9.17, 15) is 0 Å². The van der Waals surface area contributed by atoms with Crippen molar-refractivity contribution in [2.75, 3.05) is 18.5 Å². The van der Waals surface area contributed by atoms with Crippen LogP contribution < -0.4 is 10.6 Å². The minimum Gasteiger partial charge on any atom is -0.407 e. The second-order valence-electron chi connectivity index (χ2n) is 5.24. The number of nitrogens with zero attached hydrogens (tertiary/aromatic N) is 2. The predicted molar refractivity (Wildman–Crippen MR) is 73.0 cm³/mol. The number of anilines is 1. The van der Waals surface area contributed by atoms with Crippen molar-refractivity contribution < 1.29 is 9.15 Å². The van der Waals surface area contributed by atoms with Crippen molar-refractivity contribution >= 4 is 6.01 Å². The third kappa shape index (κ3) is 5.16. The van der Waals surface area contributed by atoms with Crippen LogP contribution in [0.3, 0.4) is 0 Å². The van der Waals surface area contributed by atoms with Crippen LogP contribution in [0.5, 0.6) is 0 Å². The topological polar surface area (TPSA) is 72.2 Å². The number of hydrogen-bond donors (Lipinski definition) is 2.